The SMILES string of the molecule is CCOC(=O)C(Oc1ccc(-c2nocc3c(C(=O)c4ccc(OC)cc4)ccc2-3)cc1)C(=O)OCC. The van der Waals surface area contributed by atoms with Gasteiger partial charge in [-0.05, 0) is 68.4 Å². The summed E-state index contributed by atoms with van der Waals surface area (Å²) in [6, 6.07) is 17.0. The van der Waals surface area contributed by atoms with E-state index in [1.807, 2.05) is 6.07 Å². The molecule has 0 bridgehead atoms. The van der Waals surface area contributed by atoms with E-state index in [0.29, 0.717) is 33.7 Å². The second-order valence-electron chi connectivity index (χ2n) is 7.82. The van der Waals surface area contributed by atoms with Crippen molar-refractivity contribution in [1.82, 2.24) is 5.16 Å². The Hall–Kier alpha value is -4.66. The first kappa shape index (κ1) is 25.4. The Kier molecular flexibility index (Phi) is 7.83. The molecule has 0 spiro atoms. The molecule has 0 radical (unpaired) electrons. The Morgan fingerprint density at radius 3 is 2.03 bits per heavy atom. The molecule has 1 aliphatic carbocycles. The van der Waals surface area contributed by atoms with E-state index in [2.05, 4.69) is 5.16 Å². The highest BCUT2D eigenvalue weighted by molar-refractivity contribution is 6.14. The summed E-state index contributed by atoms with van der Waals surface area (Å²) in [5.41, 5.74) is 3.55. The van der Waals surface area contributed by atoms with Crippen molar-refractivity contribution >= 4 is 17.7 Å². The van der Waals surface area contributed by atoms with Crippen LogP contribution in [0, 0.1) is 0 Å². The molecule has 2 aromatic rings. The van der Waals surface area contributed by atoms with Crippen LogP contribution in [0.5, 0.6) is 11.5 Å². The van der Waals surface area contributed by atoms with Gasteiger partial charge in [0.1, 0.15) is 23.5 Å². The van der Waals surface area contributed by atoms with Gasteiger partial charge in [0.2, 0.25) is 0 Å². The van der Waals surface area contributed by atoms with Gasteiger partial charge in [-0.1, -0.05) is 11.2 Å². The molecule has 0 aromatic heterocycles. The van der Waals surface area contributed by atoms with Crippen LogP contribution in [0.25, 0.3) is 22.4 Å². The Labute approximate surface area is 213 Å². The van der Waals surface area contributed by atoms with Gasteiger partial charge in [0.05, 0.1) is 20.3 Å². The lowest BCUT2D eigenvalue weighted by Crippen LogP contribution is -2.38. The number of nitrogens with zero attached hydrogens (tertiary/aromatic N) is 1. The number of carbonyl (C=O) groups is 3. The van der Waals surface area contributed by atoms with Crippen LogP contribution in [0.15, 0.2) is 71.4 Å². The van der Waals surface area contributed by atoms with Crippen LogP contribution in [-0.2, 0) is 19.1 Å². The lowest BCUT2D eigenvalue weighted by Gasteiger charge is -2.16. The maximum atomic E-state index is 13.1. The van der Waals surface area contributed by atoms with Crippen LogP contribution in [0.1, 0.15) is 29.8 Å². The minimum Gasteiger partial charge on any atom is -0.497 e. The minimum atomic E-state index is -1.54. The van der Waals surface area contributed by atoms with Gasteiger partial charge in [-0.3, -0.25) is 4.79 Å². The first-order valence-corrected chi connectivity index (χ1v) is 11.6. The van der Waals surface area contributed by atoms with Gasteiger partial charge in [0.25, 0.3) is 6.10 Å². The smallest absolute Gasteiger partial charge is 0.359 e. The Balaban J connectivity index is 1.56. The molecule has 0 saturated carbocycles. The predicted molar refractivity (Wildman–Crippen MR) is 133 cm³/mol. The fourth-order valence-electron chi connectivity index (χ4n) is 3.77. The molecular weight excluding hydrogens is 478 g/mol. The lowest BCUT2D eigenvalue weighted by atomic mass is 9.98. The maximum Gasteiger partial charge on any atom is 0.359 e. The van der Waals surface area contributed by atoms with E-state index in [0.717, 1.165) is 5.56 Å². The number of ketones is 1. The van der Waals surface area contributed by atoms with Crippen LogP contribution in [0.3, 0.4) is 0 Å². The van der Waals surface area contributed by atoms with Gasteiger partial charge in [-0.25, -0.2) is 9.59 Å². The molecule has 2 aliphatic rings. The number of hydrogen-bond donors (Lipinski definition) is 0. The van der Waals surface area contributed by atoms with Crippen molar-refractivity contribution in [3.63, 3.8) is 0 Å². The number of fused-ring (bicyclic) bond motifs is 1. The standard InChI is InChI=1S/C28H25NO8/c1-4-34-27(31)26(28(32)35-5-2)37-20-12-6-17(7-13-20)24-21-14-15-22(23(21)16-36-29-24)25(30)18-8-10-19(33-3)11-9-18/h6-16,26H,4-5H2,1-3H3. The van der Waals surface area contributed by atoms with Gasteiger partial charge in [0.15, 0.2) is 5.78 Å². The van der Waals surface area contributed by atoms with Crippen LogP contribution < -0.4 is 9.47 Å². The molecule has 1 heterocycles. The van der Waals surface area contributed by atoms with E-state index >= 15 is 0 Å². The topological polar surface area (TPSA) is 114 Å². The second-order valence-corrected chi connectivity index (χ2v) is 7.82. The summed E-state index contributed by atoms with van der Waals surface area (Å²) in [4.78, 5) is 37.5. The van der Waals surface area contributed by atoms with Crippen LogP contribution in [0.2, 0.25) is 0 Å². The van der Waals surface area contributed by atoms with Crippen molar-refractivity contribution in [3.05, 3.63) is 78.1 Å². The third-order valence-corrected chi connectivity index (χ3v) is 5.55. The molecule has 1 aliphatic heterocycles. The number of benzene rings is 2. The third kappa shape index (κ3) is 5.45. The molecule has 37 heavy (non-hydrogen) atoms. The predicted octanol–water partition coefficient (Wildman–Crippen LogP) is 4.56. The number of carbonyl (C=O) groups excluding carboxylic acids is 3. The van der Waals surface area contributed by atoms with Gasteiger partial charge >= 0.3 is 11.9 Å². The number of aromatic nitrogens is 1. The second kappa shape index (κ2) is 11.4. The minimum absolute atomic E-state index is 0.0960. The average Bonchev–Trinajstić information content (AvgIpc) is 3.36. The van der Waals surface area contributed by atoms with E-state index < -0.39 is 18.0 Å². The summed E-state index contributed by atoms with van der Waals surface area (Å²) in [5, 5.41) is 4.15. The molecule has 0 atom stereocenters. The van der Waals surface area contributed by atoms with Crippen LogP contribution in [0.4, 0.5) is 0 Å². The van der Waals surface area contributed by atoms with Crippen molar-refractivity contribution in [3.8, 4) is 33.9 Å². The van der Waals surface area contributed by atoms with Gasteiger partial charge in [-0.2, -0.15) is 0 Å². The average molecular weight is 504 g/mol. The highest BCUT2D eigenvalue weighted by atomic mass is 16.6. The molecule has 190 valence electrons. The van der Waals surface area contributed by atoms with E-state index in [1.54, 1.807) is 75.6 Å². The molecular formula is C28H25NO8. The molecule has 4 rings (SSSR count). The molecule has 0 amide bonds. The fourth-order valence-corrected chi connectivity index (χ4v) is 3.77. The Morgan fingerprint density at radius 1 is 0.811 bits per heavy atom. The summed E-state index contributed by atoms with van der Waals surface area (Å²) in [5.74, 6) is -0.898. The molecule has 2 aromatic carbocycles. The van der Waals surface area contributed by atoms with Crippen LogP contribution >= 0.6 is 0 Å². The molecule has 0 saturated heterocycles. The summed E-state index contributed by atoms with van der Waals surface area (Å²) in [6.45, 7) is 3.46. The molecule has 0 fully saturated rings. The first-order valence-electron chi connectivity index (χ1n) is 11.6. The van der Waals surface area contributed by atoms with Gasteiger partial charge in [-0.15, -0.1) is 0 Å². The Bertz CT molecular complexity index is 1340. The van der Waals surface area contributed by atoms with E-state index in [1.165, 1.54) is 6.26 Å². The lowest BCUT2D eigenvalue weighted by molar-refractivity contribution is -0.166. The Morgan fingerprint density at radius 2 is 1.43 bits per heavy atom. The third-order valence-electron chi connectivity index (χ3n) is 5.55. The summed E-state index contributed by atoms with van der Waals surface area (Å²) in [6.07, 6.45) is -0.0972. The van der Waals surface area contributed by atoms with E-state index in [9.17, 15) is 14.4 Å². The number of methoxy groups -OCH3 is 1. The fraction of sp³-hybridized carbons (Fsp3) is 0.214. The zero-order valence-corrected chi connectivity index (χ0v) is 20.6. The van der Waals surface area contributed by atoms with Crippen molar-refractivity contribution in [2.24, 2.45) is 0 Å². The normalized spacial score (nSPS) is 10.8. The van der Waals surface area contributed by atoms with E-state index in [4.69, 9.17) is 23.5 Å². The number of rotatable bonds is 10. The molecule has 0 N–H and O–H groups in total. The first-order chi connectivity index (χ1) is 18.0. The monoisotopic (exact) mass is 503 g/mol. The highest BCUT2D eigenvalue weighted by Gasteiger charge is 2.32. The summed E-state index contributed by atoms with van der Waals surface area (Å²) >= 11 is 0. The zero-order valence-electron chi connectivity index (χ0n) is 20.6. The van der Waals surface area contributed by atoms with E-state index in [-0.39, 0.29) is 24.7 Å². The quantitative estimate of drug-likeness (QED) is 0.174. The number of hydrogen-bond acceptors (Lipinski definition) is 9. The van der Waals surface area contributed by atoms with Gasteiger partial charge in [0, 0.05) is 27.8 Å². The molecule has 0 unspecified atom stereocenters. The van der Waals surface area contributed by atoms with Crippen LogP contribution in [-0.4, -0.2) is 49.3 Å². The number of ether oxygens (including phenoxy) is 4. The van der Waals surface area contributed by atoms with Crippen molar-refractivity contribution < 1.29 is 37.9 Å². The number of esters is 2. The molecule has 9 nitrogen and oxygen atoms in total. The maximum absolute atomic E-state index is 13.1. The van der Waals surface area contributed by atoms with Crippen molar-refractivity contribution in [2.75, 3.05) is 20.3 Å². The van der Waals surface area contributed by atoms with Crippen molar-refractivity contribution in [2.45, 2.75) is 20.0 Å². The summed E-state index contributed by atoms with van der Waals surface area (Å²) < 4.78 is 25.9. The summed E-state index contributed by atoms with van der Waals surface area (Å²) in [7, 11) is 1.56. The largest absolute Gasteiger partial charge is 0.497 e. The molecule has 9 heteroatoms. The highest BCUT2D eigenvalue weighted by Crippen LogP contribution is 2.37. The zero-order chi connectivity index (χ0) is 26.4. The van der Waals surface area contributed by atoms with Crippen molar-refractivity contribution in [1.29, 1.82) is 0 Å². The van der Waals surface area contributed by atoms with Gasteiger partial charge < -0.3 is 23.5 Å².